The molecule has 4 heteroatoms. The molecule has 0 atom stereocenters. The van der Waals surface area contributed by atoms with E-state index < -0.39 is 0 Å². The molecule has 0 unspecified atom stereocenters. The van der Waals surface area contributed by atoms with Gasteiger partial charge >= 0.3 is 0 Å². The van der Waals surface area contributed by atoms with E-state index in [2.05, 4.69) is 21.0 Å². The van der Waals surface area contributed by atoms with E-state index in [9.17, 15) is 0 Å². The number of hydrogen-bond donors (Lipinski definition) is 1. The third-order valence-corrected chi connectivity index (χ3v) is 3.07. The van der Waals surface area contributed by atoms with Crippen LogP contribution < -0.4 is 0 Å². The number of fused-ring (bicyclic) bond motifs is 2. The van der Waals surface area contributed by atoms with Crippen molar-refractivity contribution in [1.82, 2.24) is 19.5 Å². The van der Waals surface area contributed by atoms with Gasteiger partial charge in [-0.1, -0.05) is 0 Å². The molecule has 0 radical (unpaired) electrons. The lowest BCUT2D eigenvalue weighted by atomic mass is 10.3. The first kappa shape index (κ1) is 9.41. The molecule has 18 heavy (non-hydrogen) atoms. The number of pyridine rings is 2. The van der Waals surface area contributed by atoms with Crippen LogP contribution in [-0.2, 0) is 0 Å². The van der Waals surface area contributed by atoms with Gasteiger partial charge in [0.15, 0.2) is 0 Å². The summed E-state index contributed by atoms with van der Waals surface area (Å²) < 4.78 is 2.00. The Morgan fingerprint density at radius 2 is 2.00 bits per heavy atom. The summed E-state index contributed by atoms with van der Waals surface area (Å²) in [5, 5.41) is 2.24. The van der Waals surface area contributed by atoms with Crippen LogP contribution in [0.1, 0.15) is 0 Å². The molecule has 4 aromatic rings. The summed E-state index contributed by atoms with van der Waals surface area (Å²) in [5.74, 6) is 0.892. The van der Waals surface area contributed by atoms with Gasteiger partial charge in [0, 0.05) is 35.6 Å². The molecule has 1 N–H and O–H groups in total. The van der Waals surface area contributed by atoms with Gasteiger partial charge in [-0.05, 0) is 30.3 Å². The Labute approximate surface area is 103 Å². The predicted octanol–water partition coefficient (Wildman–Crippen LogP) is 2.90. The number of aromatic amines is 1. The van der Waals surface area contributed by atoms with Crippen LogP contribution in [0.2, 0.25) is 0 Å². The summed E-state index contributed by atoms with van der Waals surface area (Å²) in [6.07, 6.45) is 7.73. The van der Waals surface area contributed by atoms with Crippen LogP contribution in [0.5, 0.6) is 0 Å². The second-order valence-electron chi connectivity index (χ2n) is 4.23. The lowest BCUT2D eigenvalue weighted by molar-refractivity contribution is 1.02. The molecule has 0 aliphatic heterocycles. The third kappa shape index (κ3) is 1.32. The summed E-state index contributed by atoms with van der Waals surface area (Å²) >= 11 is 0. The molecule has 0 aromatic carbocycles. The number of hydrogen-bond acceptors (Lipinski definition) is 2. The normalized spacial score (nSPS) is 11.3. The number of nitrogens with one attached hydrogen (secondary N) is 1. The van der Waals surface area contributed by atoms with Crippen LogP contribution in [0.3, 0.4) is 0 Å². The van der Waals surface area contributed by atoms with Gasteiger partial charge < -0.3 is 9.55 Å². The van der Waals surface area contributed by atoms with Gasteiger partial charge in [0.1, 0.15) is 11.5 Å². The van der Waals surface area contributed by atoms with Crippen molar-refractivity contribution < 1.29 is 0 Å². The summed E-state index contributed by atoms with van der Waals surface area (Å²) in [6.45, 7) is 0. The topological polar surface area (TPSA) is 46.5 Å². The minimum Gasteiger partial charge on any atom is -0.346 e. The van der Waals surface area contributed by atoms with Crippen molar-refractivity contribution in [1.29, 1.82) is 0 Å². The Morgan fingerprint density at radius 1 is 1.00 bits per heavy atom. The molecule has 0 saturated heterocycles. The first-order chi connectivity index (χ1) is 8.90. The maximum Gasteiger partial charge on any atom is 0.139 e. The molecular formula is C14H10N4. The fourth-order valence-corrected chi connectivity index (χ4v) is 2.16. The SMILES string of the molecule is c1cnc2cn(-c3ccc4cc[nH]c4n3)cc2c1. The van der Waals surface area contributed by atoms with Gasteiger partial charge in [-0.25, -0.2) is 4.98 Å². The second-order valence-corrected chi connectivity index (χ2v) is 4.23. The molecule has 4 nitrogen and oxygen atoms in total. The predicted molar refractivity (Wildman–Crippen MR) is 70.7 cm³/mol. The van der Waals surface area contributed by atoms with Crippen LogP contribution in [0.25, 0.3) is 27.8 Å². The summed E-state index contributed by atoms with van der Waals surface area (Å²) in [7, 11) is 0. The fourth-order valence-electron chi connectivity index (χ4n) is 2.16. The molecule has 0 saturated carbocycles. The summed E-state index contributed by atoms with van der Waals surface area (Å²) in [4.78, 5) is 12.0. The Kier molecular flexibility index (Phi) is 1.80. The second kappa shape index (κ2) is 3.43. The summed E-state index contributed by atoms with van der Waals surface area (Å²) in [6, 6.07) is 10.1. The van der Waals surface area contributed by atoms with Crippen molar-refractivity contribution in [2.75, 3.05) is 0 Å². The van der Waals surface area contributed by atoms with E-state index >= 15 is 0 Å². The van der Waals surface area contributed by atoms with E-state index in [-0.39, 0.29) is 0 Å². The van der Waals surface area contributed by atoms with E-state index in [0.717, 1.165) is 27.8 Å². The monoisotopic (exact) mass is 234 g/mol. The smallest absolute Gasteiger partial charge is 0.139 e. The molecule has 0 spiro atoms. The molecule has 0 amide bonds. The van der Waals surface area contributed by atoms with Gasteiger partial charge in [0.25, 0.3) is 0 Å². The van der Waals surface area contributed by atoms with Gasteiger partial charge in [0.05, 0.1) is 5.52 Å². The third-order valence-electron chi connectivity index (χ3n) is 3.07. The van der Waals surface area contributed by atoms with Crippen LogP contribution in [0.4, 0.5) is 0 Å². The molecule has 4 rings (SSSR count). The van der Waals surface area contributed by atoms with Crippen LogP contribution in [0, 0.1) is 0 Å². The van der Waals surface area contributed by atoms with E-state index in [1.54, 1.807) is 6.20 Å². The molecule has 0 bridgehead atoms. The van der Waals surface area contributed by atoms with Crippen LogP contribution in [0.15, 0.2) is 55.1 Å². The lowest BCUT2D eigenvalue weighted by Crippen LogP contribution is -1.93. The molecule has 4 heterocycles. The number of rotatable bonds is 1. The fraction of sp³-hybridized carbons (Fsp3) is 0. The Morgan fingerprint density at radius 3 is 2.94 bits per heavy atom. The average molecular weight is 234 g/mol. The highest BCUT2D eigenvalue weighted by molar-refractivity contribution is 5.79. The van der Waals surface area contributed by atoms with Gasteiger partial charge in [-0.15, -0.1) is 0 Å². The van der Waals surface area contributed by atoms with E-state index in [0.29, 0.717) is 0 Å². The molecule has 4 aromatic heterocycles. The molecule has 0 aliphatic rings. The zero-order chi connectivity index (χ0) is 11.9. The number of nitrogens with zero attached hydrogens (tertiary/aromatic N) is 3. The number of aromatic nitrogens is 4. The largest absolute Gasteiger partial charge is 0.346 e. The lowest BCUT2D eigenvalue weighted by Gasteiger charge is -2.00. The van der Waals surface area contributed by atoms with Crippen molar-refractivity contribution >= 4 is 21.9 Å². The first-order valence-corrected chi connectivity index (χ1v) is 5.77. The Bertz CT molecular complexity index is 808. The van der Waals surface area contributed by atoms with Crippen molar-refractivity contribution in [3.8, 4) is 5.82 Å². The van der Waals surface area contributed by atoms with Gasteiger partial charge in [-0.2, -0.15) is 0 Å². The van der Waals surface area contributed by atoms with Crippen molar-refractivity contribution in [3.63, 3.8) is 0 Å². The summed E-state index contributed by atoms with van der Waals surface area (Å²) in [5.41, 5.74) is 1.88. The van der Waals surface area contributed by atoms with E-state index in [1.165, 1.54) is 0 Å². The molecule has 0 aliphatic carbocycles. The van der Waals surface area contributed by atoms with Crippen LogP contribution in [-0.4, -0.2) is 19.5 Å². The zero-order valence-corrected chi connectivity index (χ0v) is 9.54. The van der Waals surface area contributed by atoms with E-state index in [1.807, 2.05) is 47.4 Å². The van der Waals surface area contributed by atoms with Crippen molar-refractivity contribution in [3.05, 3.63) is 55.1 Å². The van der Waals surface area contributed by atoms with E-state index in [4.69, 9.17) is 0 Å². The standard InChI is InChI=1S/C14H10N4/c1-2-11-8-18(9-12(11)15-6-1)13-4-3-10-5-7-16-14(10)17-13/h1-9H,(H,16,17). The van der Waals surface area contributed by atoms with Crippen LogP contribution >= 0.6 is 0 Å². The first-order valence-electron chi connectivity index (χ1n) is 5.77. The van der Waals surface area contributed by atoms with Crippen molar-refractivity contribution in [2.24, 2.45) is 0 Å². The quantitative estimate of drug-likeness (QED) is 0.550. The minimum atomic E-state index is 0.892. The average Bonchev–Trinajstić information content (AvgIpc) is 3.04. The maximum atomic E-state index is 4.58. The highest BCUT2D eigenvalue weighted by atomic mass is 15.1. The van der Waals surface area contributed by atoms with Gasteiger partial charge in [-0.3, -0.25) is 4.98 Å². The minimum absolute atomic E-state index is 0.892. The molecular weight excluding hydrogens is 224 g/mol. The number of H-pyrrole nitrogens is 1. The van der Waals surface area contributed by atoms with Gasteiger partial charge in [0.2, 0.25) is 0 Å². The Hall–Kier alpha value is -2.62. The highest BCUT2D eigenvalue weighted by Gasteiger charge is 2.03. The maximum absolute atomic E-state index is 4.58. The Balaban J connectivity index is 1.94. The highest BCUT2D eigenvalue weighted by Crippen LogP contribution is 2.17. The van der Waals surface area contributed by atoms with Crippen molar-refractivity contribution in [2.45, 2.75) is 0 Å². The zero-order valence-electron chi connectivity index (χ0n) is 9.54. The molecule has 86 valence electrons. The molecule has 0 fully saturated rings.